The Morgan fingerprint density at radius 2 is 1.94 bits per heavy atom. The highest BCUT2D eigenvalue weighted by Crippen LogP contribution is 2.23. The molecule has 2 amide bonds. The SMILES string of the molecule is CC(C)(C)OC(=O)N1CCCC(N(Cc2cccc(C(N)=O)c2)Cc2nccc(N)n2)CC1.Cl. The number of benzene rings is 1. The summed E-state index contributed by atoms with van der Waals surface area (Å²) in [6, 6.07) is 9.19. The fourth-order valence-electron chi connectivity index (χ4n) is 4.00. The molecule has 186 valence electrons. The molecule has 1 aliphatic rings. The first-order chi connectivity index (χ1) is 15.6. The molecule has 0 spiro atoms. The molecule has 0 saturated carbocycles. The molecule has 1 aromatic carbocycles. The molecule has 0 aliphatic carbocycles. The Balaban J connectivity index is 0.00000408. The molecule has 1 aliphatic heterocycles. The van der Waals surface area contributed by atoms with Crippen LogP contribution in [0.4, 0.5) is 10.6 Å². The van der Waals surface area contributed by atoms with Gasteiger partial charge in [-0.1, -0.05) is 12.1 Å². The van der Waals surface area contributed by atoms with Gasteiger partial charge in [0.25, 0.3) is 0 Å². The largest absolute Gasteiger partial charge is 0.444 e. The Morgan fingerprint density at radius 3 is 2.62 bits per heavy atom. The van der Waals surface area contributed by atoms with Crippen LogP contribution in [0, 0.1) is 0 Å². The van der Waals surface area contributed by atoms with Crippen molar-refractivity contribution in [3.05, 3.63) is 53.5 Å². The number of anilines is 1. The van der Waals surface area contributed by atoms with E-state index in [1.807, 2.05) is 39.0 Å². The molecule has 1 atom stereocenters. The standard InChI is InChI=1S/C24H34N6O3.ClH/c1-24(2,3)33-23(32)29-12-5-8-19(10-13-29)30(16-21-27-11-9-20(25)28-21)15-17-6-4-7-18(14-17)22(26)31;/h4,6-7,9,11,14,19H,5,8,10,12-13,15-16H2,1-3H3,(H2,26,31)(H2,25,27,28);1H. The molecule has 1 unspecified atom stereocenters. The highest BCUT2D eigenvalue weighted by atomic mass is 35.5. The van der Waals surface area contributed by atoms with Gasteiger partial charge in [-0.15, -0.1) is 12.4 Å². The lowest BCUT2D eigenvalue weighted by atomic mass is 10.0. The average Bonchev–Trinajstić information content (AvgIpc) is 2.99. The minimum absolute atomic E-state index is 0. The molecule has 3 rings (SSSR count). The maximum absolute atomic E-state index is 12.6. The number of ether oxygens (including phenoxy) is 1. The Bertz CT molecular complexity index is 981. The van der Waals surface area contributed by atoms with Gasteiger partial charge in [0.1, 0.15) is 17.2 Å². The highest BCUT2D eigenvalue weighted by Gasteiger charge is 2.28. The van der Waals surface area contributed by atoms with Gasteiger partial charge in [0, 0.05) is 37.4 Å². The van der Waals surface area contributed by atoms with E-state index in [0.29, 0.717) is 43.4 Å². The molecule has 2 aromatic rings. The Labute approximate surface area is 207 Å². The van der Waals surface area contributed by atoms with Crippen LogP contribution >= 0.6 is 12.4 Å². The number of carbonyl (C=O) groups is 2. The number of carbonyl (C=O) groups excluding carboxylic acids is 2. The lowest BCUT2D eigenvalue weighted by Crippen LogP contribution is -2.39. The summed E-state index contributed by atoms with van der Waals surface area (Å²) in [5.41, 5.74) is 12.3. The molecule has 1 fully saturated rings. The fourth-order valence-corrected chi connectivity index (χ4v) is 4.00. The summed E-state index contributed by atoms with van der Waals surface area (Å²) < 4.78 is 5.56. The number of aromatic nitrogens is 2. The second-order valence-corrected chi connectivity index (χ2v) is 9.42. The lowest BCUT2D eigenvalue weighted by Gasteiger charge is -2.31. The third kappa shape index (κ3) is 8.14. The van der Waals surface area contributed by atoms with Gasteiger partial charge in [0.2, 0.25) is 5.91 Å². The highest BCUT2D eigenvalue weighted by molar-refractivity contribution is 5.92. The van der Waals surface area contributed by atoms with Crippen molar-refractivity contribution in [2.24, 2.45) is 5.73 Å². The molecule has 10 heteroatoms. The number of hydrogen-bond acceptors (Lipinski definition) is 7. The van der Waals surface area contributed by atoms with Crippen molar-refractivity contribution in [1.29, 1.82) is 0 Å². The van der Waals surface area contributed by atoms with Crippen molar-refractivity contribution in [2.75, 3.05) is 18.8 Å². The van der Waals surface area contributed by atoms with E-state index >= 15 is 0 Å². The van der Waals surface area contributed by atoms with E-state index in [1.165, 1.54) is 0 Å². The number of amides is 2. The Hall–Kier alpha value is -2.91. The molecule has 0 radical (unpaired) electrons. The van der Waals surface area contributed by atoms with Crippen molar-refractivity contribution in [3.8, 4) is 0 Å². The number of likely N-dealkylation sites (tertiary alicyclic amines) is 1. The first kappa shape index (κ1) is 27.3. The van der Waals surface area contributed by atoms with Gasteiger partial charge in [-0.2, -0.15) is 0 Å². The van der Waals surface area contributed by atoms with Crippen LogP contribution < -0.4 is 11.5 Å². The Morgan fingerprint density at radius 1 is 1.18 bits per heavy atom. The summed E-state index contributed by atoms with van der Waals surface area (Å²) in [5, 5.41) is 0. The minimum Gasteiger partial charge on any atom is -0.444 e. The predicted octanol–water partition coefficient (Wildman–Crippen LogP) is 3.37. The van der Waals surface area contributed by atoms with E-state index in [4.69, 9.17) is 16.2 Å². The summed E-state index contributed by atoms with van der Waals surface area (Å²) in [5.74, 6) is 0.604. The van der Waals surface area contributed by atoms with Gasteiger partial charge < -0.3 is 21.1 Å². The van der Waals surface area contributed by atoms with E-state index in [-0.39, 0.29) is 24.5 Å². The number of hydrogen-bond donors (Lipinski definition) is 2. The van der Waals surface area contributed by atoms with Crippen LogP contribution in [0.2, 0.25) is 0 Å². The van der Waals surface area contributed by atoms with E-state index in [9.17, 15) is 9.59 Å². The van der Waals surface area contributed by atoms with Gasteiger partial charge in [-0.25, -0.2) is 14.8 Å². The van der Waals surface area contributed by atoms with Crippen LogP contribution in [0.25, 0.3) is 0 Å². The summed E-state index contributed by atoms with van der Waals surface area (Å²) in [7, 11) is 0. The molecule has 1 aromatic heterocycles. The first-order valence-electron chi connectivity index (χ1n) is 11.3. The molecule has 2 heterocycles. The van der Waals surface area contributed by atoms with Crippen molar-refractivity contribution in [3.63, 3.8) is 0 Å². The van der Waals surface area contributed by atoms with Crippen LogP contribution in [0.15, 0.2) is 36.5 Å². The number of rotatable bonds is 6. The maximum Gasteiger partial charge on any atom is 0.410 e. The zero-order valence-electron chi connectivity index (χ0n) is 20.1. The summed E-state index contributed by atoms with van der Waals surface area (Å²) in [4.78, 5) is 37.0. The van der Waals surface area contributed by atoms with E-state index < -0.39 is 11.5 Å². The van der Waals surface area contributed by atoms with Crippen molar-refractivity contribution in [2.45, 2.75) is 64.8 Å². The molecule has 1 saturated heterocycles. The number of nitrogen functional groups attached to an aromatic ring is 1. The van der Waals surface area contributed by atoms with Crippen LogP contribution in [0.1, 0.15) is 61.8 Å². The fraction of sp³-hybridized carbons (Fsp3) is 0.500. The topological polar surface area (TPSA) is 128 Å². The average molecular weight is 491 g/mol. The van der Waals surface area contributed by atoms with E-state index in [2.05, 4.69) is 14.9 Å². The van der Waals surface area contributed by atoms with Crippen molar-refractivity contribution in [1.82, 2.24) is 19.8 Å². The van der Waals surface area contributed by atoms with Crippen LogP contribution in [-0.4, -0.2) is 56.5 Å². The van der Waals surface area contributed by atoms with Gasteiger partial charge in [0.15, 0.2) is 0 Å². The number of halogens is 1. The van der Waals surface area contributed by atoms with Crippen molar-refractivity contribution < 1.29 is 14.3 Å². The van der Waals surface area contributed by atoms with Crippen LogP contribution in [-0.2, 0) is 17.8 Å². The van der Waals surface area contributed by atoms with Crippen LogP contribution in [0.5, 0.6) is 0 Å². The zero-order chi connectivity index (χ0) is 24.0. The number of nitrogens with zero attached hydrogens (tertiary/aromatic N) is 4. The van der Waals surface area contributed by atoms with Crippen molar-refractivity contribution >= 4 is 30.2 Å². The zero-order valence-corrected chi connectivity index (χ0v) is 20.9. The first-order valence-corrected chi connectivity index (χ1v) is 11.3. The van der Waals surface area contributed by atoms with E-state index in [1.54, 1.807) is 23.2 Å². The Kier molecular flexibility index (Phi) is 9.64. The second kappa shape index (κ2) is 12.0. The second-order valence-electron chi connectivity index (χ2n) is 9.42. The molecule has 9 nitrogen and oxygen atoms in total. The molecular formula is C24H35ClN6O3. The quantitative estimate of drug-likeness (QED) is 0.635. The van der Waals surface area contributed by atoms with E-state index in [0.717, 1.165) is 24.8 Å². The van der Waals surface area contributed by atoms with Gasteiger partial charge in [-0.05, 0) is 63.8 Å². The van der Waals surface area contributed by atoms with Crippen LogP contribution in [0.3, 0.4) is 0 Å². The normalized spacial score (nSPS) is 16.5. The van der Waals surface area contributed by atoms with Gasteiger partial charge in [-0.3, -0.25) is 9.69 Å². The number of primary amides is 1. The maximum atomic E-state index is 12.6. The smallest absolute Gasteiger partial charge is 0.410 e. The molecule has 0 bridgehead atoms. The monoisotopic (exact) mass is 490 g/mol. The summed E-state index contributed by atoms with van der Waals surface area (Å²) in [6.45, 7) is 7.98. The molecular weight excluding hydrogens is 456 g/mol. The third-order valence-electron chi connectivity index (χ3n) is 5.53. The summed E-state index contributed by atoms with van der Waals surface area (Å²) >= 11 is 0. The molecule has 4 N–H and O–H groups in total. The predicted molar refractivity (Wildman–Crippen MR) is 133 cm³/mol. The third-order valence-corrected chi connectivity index (χ3v) is 5.53. The minimum atomic E-state index is -0.523. The van der Waals surface area contributed by atoms with Gasteiger partial charge in [0.05, 0.1) is 6.54 Å². The number of nitrogens with two attached hydrogens (primary N) is 2. The van der Waals surface area contributed by atoms with Gasteiger partial charge >= 0.3 is 6.09 Å². The lowest BCUT2D eigenvalue weighted by molar-refractivity contribution is 0.0251. The summed E-state index contributed by atoms with van der Waals surface area (Å²) in [6.07, 6.45) is 3.94. The molecule has 34 heavy (non-hydrogen) atoms.